The lowest BCUT2D eigenvalue weighted by Gasteiger charge is -2.13. The Balaban J connectivity index is 3.32. The average molecular weight is 295 g/mol. The largest absolute Gasteiger partial charge is 0.493 e. The normalized spacial score (nSPS) is 11.4. The van der Waals surface area contributed by atoms with Crippen LogP contribution < -0.4 is 14.2 Å². The third-order valence-corrected chi connectivity index (χ3v) is 2.87. The quantitative estimate of drug-likeness (QED) is 0.569. The summed E-state index contributed by atoms with van der Waals surface area (Å²) in [7, 11) is 4.53. The smallest absolute Gasteiger partial charge is 0.247 e. The van der Waals surface area contributed by atoms with Crippen LogP contribution in [0.4, 0.5) is 0 Å². The summed E-state index contributed by atoms with van der Waals surface area (Å²) < 4.78 is 15.7. The van der Waals surface area contributed by atoms with Crippen LogP contribution in [-0.2, 0) is 0 Å². The maximum atomic E-state index is 11.1. The molecule has 0 heterocycles. The zero-order chi connectivity index (χ0) is 16.0. The first-order valence-electron chi connectivity index (χ1n) is 6.57. The van der Waals surface area contributed by atoms with E-state index in [1.54, 1.807) is 12.1 Å². The van der Waals surface area contributed by atoms with E-state index in [2.05, 4.69) is 0 Å². The van der Waals surface area contributed by atoms with Crippen molar-refractivity contribution in [3.8, 4) is 17.2 Å². The molecular formula is C15H21NO5. The first-order chi connectivity index (χ1) is 9.92. The van der Waals surface area contributed by atoms with E-state index < -0.39 is 0 Å². The van der Waals surface area contributed by atoms with Crippen LogP contribution in [0.2, 0.25) is 0 Å². The van der Waals surface area contributed by atoms with Crippen LogP contribution >= 0.6 is 0 Å². The van der Waals surface area contributed by atoms with Crippen molar-refractivity contribution >= 4 is 6.08 Å². The Bertz CT molecular complexity index is 512. The van der Waals surface area contributed by atoms with Gasteiger partial charge in [0.2, 0.25) is 11.4 Å². The molecule has 0 atom stereocenters. The number of nitro groups is 1. The van der Waals surface area contributed by atoms with Gasteiger partial charge in [0, 0.05) is 12.5 Å². The number of allylic oxidation sites excluding steroid dienone is 1. The molecular weight excluding hydrogens is 274 g/mol. The fourth-order valence-corrected chi connectivity index (χ4v) is 1.98. The van der Waals surface area contributed by atoms with Crippen molar-refractivity contribution in [3.05, 3.63) is 33.5 Å². The number of ether oxygens (including phenoxy) is 3. The Morgan fingerprint density at radius 1 is 1.19 bits per heavy atom. The summed E-state index contributed by atoms with van der Waals surface area (Å²) >= 11 is 0. The van der Waals surface area contributed by atoms with Gasteiger partial charge < -0.3 is 14.2 Å². The van der Waals surface area contributed by atoms with Gasteiger partial charge in [0.05, 0.1) is 26.3 Å². The van der Waals surface area contributed by atoms with Gasteiger partial charge in [-0.1, -0.05) is 13.8 Å². The standard InChI is InChI=1S/C15H21NO5/c1-10(2)6-12(16(17)18)7-11-8-13(19-3)15(21-5)14(9-11)20-4/h7-10H,6H2,1-5H3. The summed E-state index contributed by atoms with van der Waals surface area (Å²) in [5.74, 6) is 1.60. The SMILES string of the molecule is COc1cc(C=C(CC(C)C)[N+](=O)[O-])cc(OC)c1OC. The second kappa shape index (κ2) is 7.52. The topological polar surface area (TPSA) is 70.8 Å². The van der Waals surface area contributed by atoms with Crippen LogP contribution in [0.3, 0.4) is 0 Å². The van der Waals surface area contributed by atoms with Gasteiger partial charge in [-0.15, -0.1) is 0 Å². The molecule has 0 N–H and O–H groups in total. The molecule has 0 aromatic heterocycles. The van der Waals surface area contributed by atoms with Gasteiger partial charge in [-0.2, -0.15) is 0 Å². The van der Waals surface area contributed by atoms with Crippen LogP contribution in [0.15, 0.2) is 17.8 Å². The van der Waals surface area contributed by atoms with E-state index in [0.717, 1.165) is 0 Å². The van der Waals surface area contributed by atoms with Gasteiger partial charge in [0.15, 0.2) is 11.5 Å². The summed E-state index contributed by atoms with van der Waals surface area (Å²) in [5.41, 5.74) is 0.788. The van der Waals surface area contributed by atoms with Gasteiger partial charge in [0.25, 0.3) is 0 Å². The van der Waals surface area contributed by atoms with Crippen molar-refractivity contribution in [1.82, 2.24) is 0 Å². The summed E-state index contributed by atoms with van der Waals surface area (Å²) in [6.07, 6.45) is 1.92. The molecule has 116 valence electrons. The highest BCUT2D eigenvalue weighted by Crippen LogP contribution is 2.38. The average Bonchev–Trinajstić information content (AvgIpc) is 2.44. The highest BCUT2D eigenvalue weighted by molar-refractivity contribution is 5.62. The number of methoxy groups -OCH3 is 3. The van der Waals surface area contributed by atoms with Crippen LogP contribution in [0, 0.1) is 16.0 Å². The molecule has 1 aromatic carbocycles. The zero-order valence-corrected chi connectivity index (χ0v) is 13.0. The molecule has 0 amide bonds. The minimum Gasteiger partial charge on any atom is -0.493 e. The van der Waals surface area contributed by atoms with Crippen molar-refractivity contribution in [2.24, 2.45) is 5.92 Å². The molecule has 6 heteroatoms. The van der Waals surface area contributed by atoms with E-state index in [1.165, 1.54) is 27.4 Å². The molecule has 0 radical (unpaired) electrons. The molecule has 1 aromatic rings. The van der Waals surface area contributed by atoms with Crippen LogP contribution in [0.5, 0.6) is 17.2 Å². The lowest BCUT2D eigenvalue weighted by molar-refractivity contribution is -0.427. The van der Waals surface area contributed by atoms with E-state index in [4.69, 9.17) is 14.2 Å². The van der Waals surface area contributed by atoms with Crippen LogP contribution in [-0.4, -0.2) is 26.3 Å². The van der Waals surface area contributed by atoms with Crippen LogP contribution in [0.1, 0.15) is 25.8 Å². The fraction of sp³-hybridized carbons (Fsp3) is 0.467. The number of benzene rings is 1. The molecule has 0 saturated heterocycles. The zero-order valence-electron chi connectivity index (χ0n) is 13.0. The summed E-state index contributed by atoms with van der Waals surface area (Å²) in [5, 5.41) is 11.1. The number of rotatable bonds is 7. The van der Waals surface area contributed by atoms with Crippen molar-refractivity contribution in [1.29, 1.82) is 0 Å². The van der Waals surface area contributed by atoms with E-state index >= 15 is 0 Å². The fourth-order valence-electron chi connectivity index (χ4n) is 1.98. The first kappa shape index (κ1) is 16.8. The summed E-state index contributed by atoms with van der Waals surface area (Å²) in [6, 6.07) is 3.37. The molecule has 21 heavy (non-hydrogen) atoms. The number of hydrogen-bond donors (Lipinski definition) is 0. The van der Waals surface area contributed by atoms with Crippen molar-refractivity contribution in [2.45, 2.75) is 20.3 Å². The van der Waals surface area contributed by atoms with E-state index in [-0.39, 0.29) is 16.5 Å². The summed E-state index contributed by atoms with van der Waals surface area (Å²) in [4.78, 5) is 10.8. The van der Waals surface area contributed by atoms with E-state index in [0.29, 0.717) is 29.2 Å². The van der Waals surface area contributed by atoms with Gasteiger partial charge in [-0.3, -0.25) is 10.1 Å². The number of nitrogens with zero attached hydrogens (tertiary/aromatic N) is 1. The van der Waals surface area contributed by atoms with Crippen molar-refractivity contribution in [3.63, 3.8) is 0 Å². The molecule has 0 saturated carbocycles. The Kier molecular flexibility index (Phi) is 6.02. The van der Waals surface area contributed by atoms with Gasteiger partial charge >= 0.3 is 0 Å². The van der Waals surface area contributed by atoms with E-state index in [9.17, 15) is 10.1 Å². The monoisotopic (exact) mass is 295 g/mol. The minimum absolute atomic E-state index is 0.152. The summed E-state index contributed by atoms with van der Waals surface area (Å²) in [6.45, 7) is 3.87. The van der Waals surface area contributed by atoms with Gasteiger partial charge in [-0.25, -0.2) is 0 Å². The Labute approximate surface area is 124 Å². The molecule has 0 aliphatic heterocycles. The highest BCUT2D eigenvalue weighted by atomic mass is 16.6. The second-order valence-corrected chi connectivity index (χ2v) is 4.95. The molecule has 0 aliphatic rings. The molecule has 0 unspecified atom stereocenters. The third-order valence-electron chi connectivity index (χ3n) is 2.87. The van der Waals surface area contributed by atoms with E-state index in [1.807, 2.05) is 13.8 Å². The highest BCUT2D eigenvalue weighted by Gasteiger charge is 2.16. The predicted octanol–water partition coefficient (Wildman–Crippen LogP) is 3.38. The Morgan fingerprint density at radius 3 is 2.05 bits per heavy atom. The molecule has 0 bridgehead atoms. The molecule has 6 nitrogen and oxygen atoms in total. The minimum atomic E-state index is -0.358. The second-order valence-electron chi connectivity index (χ2n) is 4.95. The molecule has 0 fully saturated rings. The Hall–Kier alpha value is -2.24. The Morgan fingerprint density at radius 2 is 1.71 bits per heavy atom. The lowest BCUT2D eigenvalue weighted by Crippen LogP contribution is -2.02. The van der Waals surface area contributed by atoms with Crippen molar-refractivity contribution < 1.29 is 19.1 Å². The first-order valence-corrected chi connectivity index (χ1v) is 6.57. The maximum Gasteiger partial charge on any atom is 0.247 e. The van der Waals surface area contributed by atoms with Gasteiger partial charge in [-0.05, 0) is 23.6 Å². The molecule has 1 rings (SSSR count). The third kappa shape index (κ3) is 4.37. The maximum absolute atomic E-state index is 11.1. The molecule has 0 aliphatic carbocycles. The lowest BCUT2D eigenvalue weighted by atomic mass is 10.1. The van der Waals surface area contributed by atoms with Gasteiger partial charge in [0.1, 0.15) is 0 Å². The predicted molar refractivity (Wildman–Crippen MR) is 80.5 cm³/mol. The van der Waals surface area contributed by atoms with Crippen molar-refractivity contribution in [2.75, 3.05) is 21.3 Å². The van der Waals surface area contributed by atoms with Crippen LogP contribution in [0.25, 0.3) is 6.08 Å². The number of hydrogen-bond acceptors (Lipinski definition) is 5. The molecule has 0 spiro atoms.